The molecule has 0 unspecified atom stereocenters. The van der Waals surface area contributed by atoms with Crippen molar-refractivity contribution in [2.75, 3.05) is 12.8 Å². The van der Waals surface area contributed by atoms with Crippen LogP contribution in [0.5, 0.6) is 0 Å². The number of hydrazone groups is 1. The summed E-state index contributed by atoms with van der Waals surface area (Å²) in [5, 5.41) is 19.3. The van der Waals surface area contributed by atoms with E-state index < -0.39 is 11.9 Å². The molecule has 0 aliphatic rings. The van der Waals surface area contributed by atoms with Crippen molar-refractivity contribution in [3.05, 3.63) is 70.9 Å². The Morgan fingerprint density at radius 2 is 1.85 bits per heavy atom. The maximum atomic E-state index is 12.9. The summed E-state index contributed by atoms with van der Waals surface area (Å²) in [4.78, 5) is 24.4. The molecule has 0 radical (unpaired) electrons. The maximum absolute atomic E-state index is 12.9. The minimum atomic E-state index is -0.603. The quantitative estimate of drug-likeness (QED) is 0.255. The van der Waals surface area contributed by atoms with Gasteiger partial charge in [-0.1, -0.05) is 47.2 Å². The number of carbonyl (C=O) groups excluding carboxylic acids is 2. The predicted octanol–water partition coefficient (Wildman–Crippen LogP) is 1.76. The number of aryl methyl sites for hydroxylation is 1. The van der Waals surface area contributed by atoms with Gasteiger partial charge in [0.25, 0.3) is 5.91 Å². The van der Waals surface area contributed by atoms with Gasteiger partial charge in [-0.15, -0.1) is 5.10 Å². The number of amides is 1. The summed E-state index contributed by atoms with van der Waals surface area (Å²) in [5.74, 6) is -0.948. The SMILES string of the molecule is COC(=O)c1ccc(/C=N/NC(=O)c2nnn(-c3nonc3N)c2-c2ccc(C)cc2)cc1. The van der Waals surface area contributed by atoms with Crippen LogP contribution in [0.1, 0.15) is 32.0 Å². The number of benzene rings is 2. The molecule has 0 saturated heterocycles. The van der Waals surface area contributed by atoms with Gasteiger partial charge >= 0.3 is 5.97 Å². The van der Waals surface area contributed by atoms with Crippen LogP contribution in [0.15, 0.2) is 58.3 Å². The zero-order chi connectivity index (χ0) is 23.4. The highest BCUT2D eigenvalue weighted by Crippen LogP contribution is 2.26. The molecule has 0 spiro atoms. The number of nitrogen functional groups attached to an aromatic ring is 1. The molecule has 0 bridgehead atoms. The van der Waals surface area contributed by atoms with E-state index in [1.807, 2.05) is 31.2 Å². The number of nitrogens with one attached hydrogen (secondary N) is 1. The van der Waals surface area contributed by atoms with Gasteiger partial charge in [-0.3, -0.25) is 4.79 Å². The highest BCUT2D eigenvalue weighted by molar-refractivity contribution is 5.99. The Bertz CT molecular complexity index is 1320. The van der Waals surface area contributed by atoms with Gasteiger partial charge in [0.15, 0.2) is 5.69 Å². The molecule has 33 heavy (non-hydrogen) atoms. The molecule has 12 nitrogen and oxygen atoms in total. The van der Waals surface area contributed by atoms with Crippen molar-refractivity contribution in [3.63, 3.8) is 0 Å². The smallest absolute Gasteiger partial charge is 0.337 e. The fourth-order valence-corrected chi connectivity index (χ4v) is 2.93. The first kappa shape index (κ1) is 21.4. The van der Waals surface area contributed by atoms with Crippen molar-refractivity contribution >= 4 is 23.9 Å². The van der Waals surface area contributed by atoms with Crippen molar-refractivity contribution in [3.8, 4) is 17.1 Å². The maximum Gasteiger partial charge on any atom is 0.337 e. The van der Waals surface area contributed by atoms with E-state index >= 15 is 0 Å². The topological polar surface area (TPSA) is 163 Å². The number of nitrogens with two attached hydrogens (primary N) is 1. The standard InChI is InChI=1S/C21H18N8O4/c1-12-3-7-14(8-4-12)17-16(24-28-29(17)19-18(22)26-33-27-19)20(30)25-23-11-13-5-9-15(10-6-13)21(31)32-2/h3-11H,1-2H3,(H2,22,26)(H,25,30)/b23-11+. The van der Waals surface area contributed by atoms with Crippen molar-refractivity contribution in [1.29, 1.82) is 0 Å². The molecule has 0 aliphatic carbocycles. The Hall–Kier alpha value is -4.87. The average molecular weight is 446 g/mol. The molecule has 0 saturated carbocycles. The van der Waals surface area contributed by atoms with Crippen LogP contribution in [0.4, 0.5) is 5.82 Å². The first-order valence-electron chi connectivity index (χ1n) is 9.61. The van der Waals surface area contributed by atoms with Gasteiger partial charge in [0, 0.05) is 5.56 Å². The summed E-state index contributed by atoms with van der Waals surface area (Å²) in [6.45, 7) is 1.94. The third kappa shape index (κ3) is 4.44. The van der Waals surface area contributed by atoms with Crippen LogP contribution in [-0.2, 0) is 4.74 Å². The van der Waals surface area contributed by atoms with E-state index in [4.69, 9.17) is 5.73 Å². The Morgan fingerprint density at radius 3 is 2.48 bits per heavy atom. The largest absolute Gasteiger partial charge is 0.465 e. The molecular formula is C21H18N8O4. The number of esters is 1. The zero-order valence-corrected chi connectivity index (χ0v) is 17.6. The molecule has 0 aliphatic heterocycles. The lowest BCUT2D eigenvalue weighted by atomic mass is 10.1. The first-order chi connectivity index (χ1) is 16.0. The molecule has 4 aromatic rings. The Morgan fingerprint density at radius 1 is 1.12 bits per heavy atom. The van der Waals surface area contributed by atoms with Crippen LogP contribution in [-0.4, -0.2) is 50.5 Å². The summed E-state index contributed by atoms with van der Waals surface area (Å²) in [7, 11) is 1.31. The van der Waals surface area contributed by atoms with Crippen LogP contribution in [0.25, 0.3) is 17.1 Å². The average Bonchev–Trinajstić information content (AvgIpc) is 3.45. The van der Waals surface area contributed by atoms with Gasteiger partial charge in [-0.25, -0.2) is 14.8 Å². The van der Waals surface area contributed by atoms with Gasteiger partial charge in [0.1, 0.15) is 5.69 Å². The molecular weight excluding hydrogens is 428 g/mol. The Kier molecular flexibility index (Phi) is 5.89. The van der Waals surface area contributed by atoms with Gasteiger partial charge in [-0.05, 0) is 34.9 Å². The van der Waals surface area contributed by atoms with Crippen LogP contribution in [0, 0.1) is 6.92 Å². The van der Waals surface area contributed by atoms with Crippen LogP contribution >= 0.6 is 0 Å². The molecule has 0 atom stereocenters. The summed E-state index contributed by atoms with van der Waals surface area (Å²) in [5.41, 5.74) is 11.3. The summed E-state index contributed by atoms with van der Waals surface area (Å²) in [6.07, 6.45) is 1.43. The molecule has 12 heteroatoms. The van der Waals surface area contributed by atoms with E-state index in [0.717, 1.165) is 5.56 Å². The molecule has 3 N–H and O–H groups in total. The molecule has 4 rings (SSSR count). The highest BCUT2D eigenvalue weighted by atomic mass is 16.6. The molecule has 1 amide bonds. The van der Waals surface area contributed by atoms with Gasteiger partial charge in [0.2, 0.25) is 11.6 Å². The highest BCUT2D eigenvalue weighted by Gasteiger charge is 2.25. The number of aromatic nitrogens is 5. The second-order valence-electron chi connectivity index (χ2n) is 6.85. The van der Waals surface area contributed by atoms with Crippen molar-refractivity contribution in [1.82, 2.24) is 30.7 Å². The first-order valence-corrected chi connectivity index (χ1v) is 9.61. The zero-order valence-electron chi connectivity index (χ0n) is 17.6. The molecule has 2 aromatic heterocycles. The number of hydrogen-bond acceptors (Lipinski definition) is 10. The Labute approximate surface area is 187 Å². The number of anilines is 1. The number of methoxy groups -OCH3 is 1. The summed E-state index contributed by atoms with van der Waals surface area (Å²) < 4.78 is 10.6. The van der Waals surface area contributed by atoms with Crippen molar-refractivity contribution in [2.24, 2.45) is 5.10 Å². The van der Waals surface area contributed by atoms with Crippen molar-refractivity contribution in [2.45, 2.75) is 6.92 Å². The van der Waals surface area contributed by atoms with E-state index in [0.29, 0.717) is 22.4 Å². The second kappa shape index (κ2) is 9.09. The minimum Gasteiger partial charge on any atom is -0.465 e. The van der Waals surface area contributed by atoms with Gasteiger partial charge in [-0.2, -0.15) is 9.78 Å². The fraction of sp³-hybridized carbons (Fsp3) is 0.0952. The second-order valence-corrected chi connectivity index (χ2v) is 6.85. The molecule has 166 valence electrons. The Balaban J connectivity index is 1.60. The lowest BCUT2D eigenvalue weighted by Gasteiger charge is -2.06. The molecule has 2 heterocycles. The van der Waals surface area contributed by atoms with Crippen LogP contribution in [0.3, 0.4) is 0 Å². The number of carbonyl (C=O) groups is 2. The lowest BCUT2D eigenvalue weighted by Crippen LogP contribution is -2.19. The summed E-state index contributed by atoms with van der Waals surface area (Å²) in [6, 6.07) is 13.9. The third-order valence-electron chi connectivity index (χ3n) is 4.62. The number of hydrogen-bond donors (Lipinski definition) is 2. The van der Waals surface area contributed by atoms with E-state index in [2.05, 4.69) is 40.5 Å². The lowest BCUT2D eigenvalue weighted by molar-refractivity contribution is 0.0600. The molecule has 0 fully saturated rings. The van der Waals surface area contributed by atoms with E-state index in [1.165, 1.54) is 18.0 Å². The van der Waals surface area contributed by atoms with E-state index in [1.54, 1.807) is 24.3 Å². The van der Waals surface area contributed by atoms with E-state index in [9.17, 15) is 9.59 Å². The minimum absolute atomic E-state index is 0.000516. The molecule has 2 aromatic carbocycles. The predicted molar refractivity (Wildman–Crippen MR) is 117 cm³/mol. The van der Waals surface area contributed by atoms with Gasteiger partial charge in [0.05, 0.1) is 18.9 Å². The number of ether oxygens (including phenoxy) is 1. The normalized spacial score (nSPS) is 11.0. The number of nitrogens with zero attached hydrogens (tertiary/aromatic N) is 6. The third-order valence-corrected chi connectivity index (χ3v) is 4.62. The van der Waals surface area contributed by atoms with E-state index in [-0.39, 0.29) is 17.3 Å². The monoisotopic (exact) mass is 446 g/mol. The summed E-state index contributed by atoms with van der Waals surface area (Å²) >= 11 is 0. The fourth-order valence-electron chi connectivity index (χ4n) is 2.93. The van der Waals surface area contributed by atoms with Gasteiger partial charge < -0.3 is 10.5 Å². The van der Waals surface area contributed by atoms with Crippen LogP contribution < -0.4 is 11.2 Å². The number of rotatable bonds is 6. The van der Waals surface area contributed by atoms with Crippen molar-refractivity contribution < 1.29 is 19.0 Å². The van der Waals surface area contributed by atoms with Crippen LogP contribution in [0.2, 0.25) is 0 Å².